The van der Waals surface area contributed by atoms with Gasteiger partial charge in [0.05, 0.1) is 39.3 Å². The van der Waals surface area contributed by atoms with Gasteiger partial charge in [-0.05, 0) is 32.1 Å². The highest BCUT2D eigenvalue weighted by molar-refractivity contribution is 5.78. The Labute approximate surface area is 139 Å². The molecule has 0 unspecified atom stereocenters. The van der Waals surface area contributed by atoms with Crippen LogP contribution in [0.15, 0.2) is 0 Å². The molecular weight excluding hydrogens is 365 g/mol. The molecule has 20 heavy (non-hydrogen) atoms. The Hall–Kier alpha value is -0.0400. The molecule has 3 saturated heterocycles. The third-order valence-corrected chi connectivity index (χ3v) is 5.70. The maximum atomic E-state index is 5.45. The van der Waals surface area contributed by atoms with Crippen LogP contribution in [0.2, 0.25) is 0 Å². The van der Waals surface area contributed by atoms with Gasteiger partial charge >= 0.3 is 5.96 Å². The van der Waals surface area contributed by atoms with Gasteiger partial charge in [0.15, 0.2) is 0 Å². The van der Waals surface area contributed by atoms with E-state index < -0.39 is 0 Å². The van der Waals surface area contributed by atoms with Gasteiger partial charge in [-0.3, -0.25) is 14.4 Å². The molecule has 0 aromatic heterocycles. The van der Waals surface area contributed by atoms with Gasteiger partial charge in [0.2, 0.25) is 0 Å². The van der Waals surface area contributed by atoms with Gasteiger partial charge in [-0.2, -0.15) is 0 Å². The number of ether oxygens (including phenoxy) is 1. The summed E-state index contributed by atoms with van der Waals surface area (Å²) in [4.78, 5) is 5.40. The Kier molecular flexibility index (Phi) is 3.95. The summed E-state index contributed by atoms with van der Waals surface area (Å²) in [6, 6.07) is 1.57. The van der Waals surface area contributed by atoms with Crippen LogP contribution in [-0.4, -0.2) is 72.8 Å². The summed E-state index contributed by atoms with van der Waals surface area (Å²) in [5.41, 5.74) is 0.473. The van der Waals surface area contributed by atoms with Crippen LogP contribution >= 0.6 is 0 Å². The third kappa shape index (κ3) is 2.07. The second kappa shape index (κ2) is 5.30. The van der Waals surface area contributed by atoms with Crippen LogP contribution < -0.4 is 24.0 Å². The van der Waals surface area contributed by atoms with Gasteiger partial charge in [-0.1, -0.05) is 0 Å². The topological polar surface area (TPSA) is 18.7 Å². The van der Waals surface area contributed by atoms with E-state index in [1.807, 2.05) is 7.11 Å². The highest BCUT2D eigenvalue weighted by Crippen LogP contribution is 2.52. The average Bonchev–Trinajstić information content (AvgIpc) is 2.96. The van der Waals surface area contributed by atoms with E-state index in [2.05, 4.69) is 21.4 Å². The molecule has 0 amide bonds. The Morgan fingerprint density at radius 3 is 2.80 bits per heavy atom. The van der Waals surface area contributed by atoms with Gasteiger partial charge in [0.1, 0.15) is 6.04 Å². The third-order valence-electron chi connectivity index (χ3n) is 5.70. The lowest BCUT2D eigenvalue weighted by Gasteiger charge is -2.34. The zero-order valence-electron chi connectivity index (χ0n) is 12.6. The predicted octanol–water partition coefficient (Wildman–Crippen LogP) is -2.03. The minimum absolute atomic E-state index is 0. The van der Waals surface area contributed by atoms with Crippen molar-refractivity contribution in [3.05, 3.63) is 0 Å². The van der Waals surface area contributed by atoms with Gasteiger partial charge in [-0.15, -0.1) is 0 Å². The monoisotopic (exact) mass is 391 g/mol. The van der Waals surface area contributed by atoms with Crippen LogP contribution in [0.25, 0.3) is 0 Å². The molecule has 4 heterocycles. The molecule has 4 nitrogen and oxygen atoms in total. The summed E-state index contributed by atoms with van der Waals surface area (Å²) >= 11 is 0. The van der Waals surface area contributed by atoms with E-state index in [1.165, 1.54) is 57.7 Å². The fraction of sp³-hybridized carbons (Fsp3) is 0.933. The molecule has 4 fully saturated rings. The smallest absolute Gasteiger partial charge is 0.350 e. The van der Waals surface area contributed by atoms with Crippen molar-refractivity contribution in [2.75, 3.05) is 40.4 Å². The number of halogens is 1. The van der Waals surface area contributed by atoms with E-state index in [9.17, 15) is 0 Å². The molecule has 4 aliphatic heterocycles. The standard InChI is InChI=1S/C15H26N3O.HI/c1-16-9-12-5-3-4-6-17(12)14(16)18-10-15(11-19-2)7-13(18)8-15;/h12-13H,3-11H2,1-2H3;1H/q+1;/p-1/t12-,13?,15?;/m1./s1. The number of hydrogen-bond acceptors (Lipinski definition) is 3. The van der Waals surface area contributed by atoms with Crippen molar-refractivity contribution in [3.8, 4) is 0 Å². The lowest BCUT2D eigenvalue weighted by atomic mass is 9.71. The fourth-order valence-corrected chi connectivity index (χ4v) is 4.94. The summed E-state index contributed by atoms with van der Waals surface area (Å²) in [6.07, 6.45) is 6.86. The maximum absolute atomic E-state index is 5.45. The summed E-state index contributed by atoms with van der Waals surface area (Å²) in [7, 11) is 4.13. The molecule has 0 aromatic rings. The number of nitrogens with zero attached hydrogens (tertiary/aromatic N) is 3. The van der Waals surface area contributed by atoms with Crippen LogP contribution in [0.4, 0.5) is 0 Å². The van der Waals surface area contributed by atoms with Crippen molar-refractivity contribution >= 4 is 5.96 Å². The molecule has 0 N–H and O–H groups in total. The molecule has 5 heteroatoms. The molecule has 5 aliphatic rings. The van der Waals surface area contributed by atoms with Crippen LogP contribution in [0, 0.1) is 5.41 Å². The lowest BCUT2D eigenvalue weighted by molar-refractivity contribution is -0.495. The first-order chi connectivity index (χ1) is 9.22. The Balaban J connectivity index is 0.00000121. The molecule has 1 saturated carbocycles. The van der Waals surface area contributed by atoms with Crippen molar-refractivity contribution in [3.63, 3.8) is 0 Å². The number of piperidine rings is 1. The lowest BCUT2D eigenvalue weighted by Crippen LogP contribution is -3.00. The van der Waals surface area contributed by atoms with Crippen molar-refractivity contribution in [1.29, 1.82) is 0 Å². The molecule has 1 aliphatic carbocycles. The quantitative estimate of drug-likeness (QED) is 0.400. The number of rotatable bonds is 2. The van der Waals surface area contributed by atoms with E-state index >= 15 is 0 Å². The molecule has 0 radical (unpaired) electrons. The van der Waals surface area contributed by atoms with Crippen molar-refractivity contribution in [2.45, 2.75) is 44.2 Å². The number of hydrogen-bond donors (Lipinski definition) is 0. The van der Waals surface area contributed by atoms with Gasteiger partial charge < -0.3 is 28.7 Å². The molecule has 0 spiro atoms. The largest absolute Gasteiger partial charge is 1.00 e. The first-order valence-corrected chi connectivity index (χ1v) is 7.83. The minimum atomic E-state index is 0. The normalized spacial score (nSPS) is 38.7. The minimum Gasteiger partial charge on any atom is -1.00 e. The van der Waals surface area contributed by atoms with Crippen molar-refractivity contribution in [1.82, 2.24) is 9.80 Å². The SMILES string of the molecule is COCC12CC(C1)N(C1=[N+](C)C[C@H]3CCCCN13)C2.[I-]. The summed E-state index contributed by atoms with van der Waals surface area (Å²) in [5, 5.41) is 0. The van der Waals surface area contributed by atoms with E-state index in [0.29, 0.717) is 5.41 Å². The van der Waals surface area contributed by atoms with E-state index in [0.717, 1.165) is 18.7 Å². The molecule has 5 rings (SSSR count). The van der Waals surface area contributed by atoms with Crippen molar-refractivity contribution in [2.24, 2.45) is 5.41 Å². The zero-order chi connectivity index (χ0) is 13.0. The van der Waals surface area contributed by atoms with Crippen LogP contribution in [-0.2, 0) is 4.74 Å². The molecule has 0 aromatic carbocycles. The highest BCUT2D eigenvalue weighted by atomic mass is 127. The zero-order valence-corrected chi connectivity index (χ0v) is 14.8. The Morgan fingerprint density at radius 2 is 2.05 bits per heavy atom. The van der Waals surface area contributed by atoms with Crippen molar-refractivity contribution < 1.29 is 33.3 Å². The van der Waals surface area contributed by atoms with Crippen LogP contribution in [0.5, 0.6) is 0 Å². The van der Waals surface area contributed by atoms with E-state index in [-0.39, 0.29) is 24.0 Å². The first-order valence-electron chi connectivity index (χ1n) is 7.83. The van der Waals surface area contributed by atoms with Gasteiger partial charge in [0, 0.05) is 12.5 Å². The Morgan fingerprint density at radius 1 is 1.25 bits per heavy atom. The van der Waals surface area contributed by atoms with Crippen LogP contribution in [0.3, 0.4) is 0 Å². The van der Waals surface area contributed by atoms with Gasteiger partial charge in [0.25, 0.3) is 0 Å². The predicted molar refractivity (Wildman–Crippen MR) is 74.4 cm³/mol. The molecule has 114 valence electrons. The fourth-order valence-electron chi connectivity index (χ4n) is 4.94. The first kappa shape index (κ1) is 14.9. The highest BCUT2D eigenvalue weighted by Gasteiger charge is 2.61. The number of guanidine groups is 1. The summed E-state index contributed by atoms with van der Waals surface area (Å²) < 4.78 is 7.96. The second-order valence-electron chi connectivity index (χ2n) is 7.15. The second-order valence-corrected chi connectivity index (χ2v) is 7.15. The summed E-state index contributed by atoms with van der Waals surface area (Å²) in [6.45, 7) is 4.66. The van der Waals surface area contributed by atoms with Gasteiger partial charge in [-0.25, -0.2) is 0 Å². The molecular formula is C15H26IN3O. The van der Waals surface area contributed by atoms with E-state index in [4.69, 9.17) is 4.74 Å². The van der Waals surface area contributed by atoms with E-state index in [1.54, 1.807) is 0 Å². The summed E-state index contributed by atoms with van der Waals surface area (Å²) in [5.74, 6) is 1.53. The Bertz CT molecular complexity index is 419. The number of likely N-dealkylation sites (N-methyl/N-ethyl adjacent to an activating group) is 1. The number of fused-ring (bicyclic) bond motifs is 2. The molecule has 1 atom stereocenters. The average molecular weight is 391 g/mol. The maximum Gasteiger partial charge on any atom is 0.350 e. The molecule has 2 bridgehead atoms. The van der Waals surface area contributed by atoms with Crippen LogP contribution in [0.1, 0.15) is 32.1 Å². The number of methoxy groups -OCH3 is 1.